The van der Waals surface area contributed by atoms with E-state index in [0.29, 0.717) is 17.9 Å². The summed E-state index contributed by atoms with van der Waals surface area (Å²) in [5.74, 6) is -0.294. The van der Waals surface area contributed by atoms with Crippen LogP contribution < -0.4 is 9.62 Å². The summed E-state index contributed by atoms with van der Waals surface area (Å²) in [5.41, 5.74) is 2.07. The van der Waals surface area contributed by atoms with Gasteiger partial charge in [-0.25, -0.2) is 8.42 Å². The summed E-state index contributed by atoms with van der Waals surface area (Å²) in [5, 5.41) is 4.95. The molecule has 0 aliphatic heterocycles. The number of para-hydroxylation sites is 1. The topological polar surface area (TPSA) is 66.5 Å². The van der Waals surface area contributed by atoms with Crippen molar-refractivity contribution in [1.82, 2.24) is 0 Å². The molecule has 0 saturated heterocycles. The largest absolute Gasteiger partial charge is 0.323 e. The summed E-state index contributed by atoms with van der Waals surface area (Å²) in [6.07, 6.45) is 3.25. The summed E-state index contributed by atoms with van der Waals surface area (Å²) >= 11 is 0. The van der Waals surface area contributed by atoms with Crippen molar-refractivity contribution in [3.63, 3.8) is 0 Å². The predicted molar refractivity (Wildman–Crippen MR) is 135 cm³/mol. The maximum Gasteiger partial charge on any atom is 0.264 e. The Morgan fingerprint density at radius 3 is 2.24 bits per heavy atom. The molecule has 4 rings (SSSR count). The summed E-state index contributed by atoms with van der Waals surface area (Å²) in [7, 11) is -3.71. The van der Waals surface area contributed by atoms with Crippen molar-refractivity contribution in [1.29, 1.82) is 0 Å². The van der Waals surface area contributed by atoms with Crippen LogP contribution in [0.1, 0.15) is 12.5 Å². The Hall–Kier alpha value is -3.90. The van der Waals surface area contributed by atoms with Crippen molar-refractivity contribution < 1.29 is 13.2 Å². The van der Waals surface area contributed by atoms with Gasteiger partial charge in [-0.15, -0.1) is 0 Å². The second kappa shape index (κ2) is 9.71. The molecule has 4 aromatic rings. The lowest BCUT2D eigenvalue weighted by Gasteiger charge is -2.23. The Morgan fingerprint density at radius 2 is 1.52 bits per heavy atom. The highest BCUT2D eigenvalue weighted by Crippen LogP contribution is 2.24. The van der Waals surface area contributed by atoms with Gasteiger partial charge >= 0.3 is 0 Å². The van der Waals surface area contributed by atoms with Crippen molar-refractivity contribution in [2.45, 2.75) is 11.8 Å². The lowest BCUT2D eigenvalue weighted by atomic mass is 10.0. The van der Waals surface area contributed by atoms with Crippen molar-refractivity contribution in [2.75, 3.05) is 16.2 Å². The summed E-state index contributed by atoms with van der Waals surface area (Å²) in [6.45, 7) is 2.10. The van der Waals surface area contributed by atoms with Crippen LogP contribution in [0.2, 0.25) is 0 Å². The van der Waals surface area contributed by atoms with Crippen LogP contribution >= 0.6 is 0 Å². The third-order valence-electron chi connectivity index (χ3n) is 5.28. The smallest absolute Gasteiger partial charge is 0.264 e. The fourth-order valence-corrected chi connectivity index (χ4v) is 5.14. The van der Waals surface area contributed by atoms with Crippen molar-refractivity contribution >= 4 is 44.2 Å². The molecule has 0 unspecified atom stereocenters. The number of carbonyl (C=O) groups is 1. The molecule has 0 bridgehead atoms. The lowest BCUT2D eigenvalue weighted by molar-refractivity contribution is -0.111. The maximum atomic E-state index is 13.1. The van der Waals surface area contributed by atoms with Gasteiger partial charge in [-0.2, -0.15) is 0 Å². The van der Waals surface area contributed by atoms with E-state index in [1.165, 1.54) is 22.5 Å². The van der Waals surface area contributed by atoms with Crippen LogP contribution in [0.15, 0.2) is 108 Å². The number of carbonyl (C=O) groups excluding carboxylic acids is 1. The second-order valence-electron chi connectivity index (χ2n) is 7.42. The average molecular weight is 457 g/mol. The van der Waals surface area contributed by atoms with Gasteiger partial charge in [-0.1, -0.05) is 60.7 Å². The number of rotatable bonds is 7. The van der Waals surface area contributed by atoms with Crippen LogP contribution in [0, 0.1) is 0 Å². The first-order chi connectivity index (χ1) is 16.0. The van der Waals surface area contributed by atoms with Gasteiger partial charge < -0.3 is 5.32 Å². The van der Waals surface area contributed by atoms with Crippen molar-refractivity contribution in [3.05, 3.63) is 109 Å². The standard InChI is InChI=1S/C27H24N2O3S/c1-2-29(24-12-4-3-5-13-24)33(31,32)25-18-16-23(17-19-25)28-27(30)20-15-22-11-8-10-21-9-6-7-14-26(21)22/h3-20H,2H2,1H3,(H,28,30)/b20-15+. The fraction of sp³-hybridized carbons (Fsp3) is 0.0741. The van der Waals surface area contributed by atoms with Gasteiger partial charge in [0.05, 0.1) is 10.6 Å². The Balaban J connectivity index is 1.48. The molecule has 6 heteroatoms. The number of hydrogen-bond acceptors (Lipinski definition) is 3. The average Bonchev–Trinajstić information content (AvgIpc) is 2.84. The quantitative estimate of drug-likeness (QED) is 0.362. The molecule has 5 nitrogen and oxygen atoms in total. The Labute approximate surface area is 194 Å². The fourth-order valence-electron chi connectivity index (χ4n) is 3.67. The van der Waals surface area contributed by atoms with Crippen LogP contribution in [0.3, 0.4) is 0 Å². The van der Waals surface area contributed by atoms with E-state index in [-0.39, 0.29) is 10.8 Å². The van der Waals surface area contributed by atoms with Gasteiger partial charge in [0.15, 0.2) is 0 Å². The van der Waals surface area contributed by atoms with Crippen molar-refractivity contribution in [3.8, 4) is 0 Å². The Morgan fingerprint density at radius 1 is 0.848 bits per heavy atom. The zero-order valence-electron chi connectivity index (χ0n) is 18.2. The molecule has 33 heavy (non-hydrogen) atoms. The lowest BCUT2D eigenvalue weighted by Crippen LogP contribution is -2.30. The van der Waals surface area contributed by atoms with E-state index in [1.807, 2.05) is 48.5 Å². The number of anilines is 2. The molecule has 0 atom stereocenters. The number of hydrogen-bond donors (Lipinski definition) is 1. The van der Waals surface area contributed by atoms with Crippen LogP contribution in [0.5, 0.6) is 0 Å². The van der Waals surface area contributed by atoms with E-state index in [0.717, 1.165) is 16.3 Å². The molecule has 0 fully saturated rings. The Kier molecular flexibility index (Phi) is 6.56. The summed E-state index contributed by atoms with van der Waals surface area (Å²) < 4.78 is 27.5. The van der Waals surface area contributed by atoms with Gasteiger partial charge in [0.1, 0.15) is 0 Å². The molecule has 0 spiro atoms. The van der Waals surface area contributed by atoms with Gasteiger partial charge in [0.25, 0.3) is 10.0 Å². The predicted octanol–water partition coefficient (Wildman–Crippen LogP) is 5.71. The molecule has 0 radical (unpaired) electrons. The molecule has 0 aliphatic rings. The van der Waals surface area contributed by atoms with E-state index < -0.39 is 10.0 Å². The number of nitrogens with one attached hydrogen (secondary N) is 1. The number of amides is 1. The third kappa shape index (κ3) is 4.96. The van der Waals surface area contributed by atoms with Crippen molar-refractivity contribution in [2.24, 2.45) is 0 Å². The molecular weight excluding hydrogens is 432 g/mol. The molecular formula is C27H24N2O3S. The van der Waals surface area contributed by atoms with Gasteiger partial charge in [0, 0.05) is 18.3 Å². The molecule has 4 aromatic carbocycles. The van der Waals surface area contributed by atoms with Crippen LogP contribution in [0.25, 0.3) is 16.8 Å². The summed E-state index contributed by atoms with van der Waals surface area (Å²) in [6, 6.07) is 29.1. The number of benzene rings is 4. The van der Waals surface area contributed by atoms with Crippen LogP contribution in [-0.4, -0.2) is 20.9 Å². The molecule has 0 aromatic heterocycles. The zero-order chi connectivity index (χ0) is 23.3. The highest BCUT2D eigenvalue weighted by Gasteiger charge is 2.23. The normalized spacial score (nSPS) is 11.5. The number of sulfonamides is 1. The molecule has 0 aliphatic carbocycles. The first kappa shape index (κ1) is 22.3. The molecule has 0 saturated carbocycles. The van der Waals surface area contributed by atoms with E-state index in [9.17, 15) is 13.2 Å². The monoisotopic (exact) mass is 456 g/mol. The third-order valence-corrected chi connectivity index (χ3v) is 7.20. The highest BCUT2D eigenvalue weighted by atomic mass is 32.2. The summed E-state index contributed by atoms with van der Waals surface area (Å²) in [4.78, 5) is 12.6. The first-order valence-electron chi connectivity index (χ1n) is 10.6. The second-order valence-corrected chi connectivity index (χ2v) is 9.28. The van der Waals surface area contributed by atoms with Crippen LogP contribution in [-0.2, 0) is 14.8 Å². The molecule has 1 N–H and O–H groups in total. The SMILES string of the molecule is CCN(c1ccccc1)S(=O)(=O)c1ccc(NC(=O)/C=C/c2cccc3ccccc23)cc1. The van der Waals surface area contributed by atoms with E-state index in [2.05, 4.69) is 5.32 Å². The van der Waals surface area contributed by atoms with Crippen LogP contribution in [0.4, 0.5) is 11.4 Å². The molecule has 0 heterocycles. The molecule has 1 amide bonds. The minimum Gasteiger partial charge on any atom is -0.323 e. The first-order valence-corrected chi connectivity index (χ1v) is 12.1. The maximum absolute atomic E-state index is 13.1. The Bertz CT molecular complexity index is 1390. The minimum atomic E-state index is -3.71. The van der Waals surface area contributed by atoms with E-state index >= 15 is 0 Å². The minimum absolute atomic E-state index is 0.164. The van der Waals surface area contributed by atoms with E-state index in [4.69, 9.17) is 0 Å². The van der Waals surface area contributed by atoms with Gasteiger partial charge in [-0.3, -0.25) is 9.10 Å². The van der Waals surface area contributed by atoms with Gasteiger partial charge in [-0.05, 0) is 65.7 Å². The van der Waals surface area contributed by atoms with E-state index in [1.54, 1.807) is 49.4 Å². The molecule has 166 valence electrons. The highest BCUT2D eigenvalue weighted by molar-refractivity contribution is 7.92. The zero-order valence-corrected chi connectivity index (χ0v) is 19.0. The number of nitrogens with zero attached hydrogens (tertiary/aromatic N) is 1. The number of fused-ring (bicyclic) bond motifs is 1. The van der Waals surface area contributed by atoms with Gasteiger partial charge in [0.2, 0.25) is 5.91 Å².